The van der Waals surface area contributed by atoms with Gasteiger partial charge in [0.05, 0.1) is 15.6 Å². The molecule has 0 aliphatic heterocycles. The number of nitrogens with zero attached hydrogens (tertiary/aromatic N) is 2. The summed E-state index contributed by atoms with van der Waals surface area (Å²) in [6, 6.07) is 8.74. The third kappa shape index (κ3) is 5.44. The lowest BCUT2D eigenvalue weighted by Gasteiger charge is -2.05. The zero-order chi connectivity index (χ0) is 18.4. The summed E-state index contributed by atoms with van der Waals surface area (Å²) in [7, 11) is 0. The van der Waals surface area contributed by atoms with Gasteiger partial charge in [-0.1, -0.05) is 11.6 Å². The van der Waals surface area contributed by atoms with Crippen molar-refractivity contribution in [2.45, 2.75) is 0 Å². The van der Waals surface area contributed by atoms with Crippen LogP contribution in [0.5, 0.6) is 11.5 Å². The molecule has 0 unspecified atom stereocenters. The first-order valence-electron chi connectivity index (χ1n) is 6.74. The van der Waals surface area contributed by atoms with Crippen LogP contribution in [-0.2, 0) is 4.79 Å². The zero-order valence-corrected chi connectivity index (χ0v) is 14.8. The van der Waals surface area contributed by atoms with Crippen molar-refractivity contribution >= 4 is 45.3 Å². The van der Waals surface area contributed by atoms with E-state index in [1.54, 1.807) is 24.3 Å². The predicted molar refractivity (Wildman–Crippen MR) is 95.1 cm³/mol. The van der Waals surface area contributed by atoms with Crippen molar-refractivity contribution in [1.29, 1.82) is 0 Å². The highest BCUT2D eigenvalue weighted by Gasteiger charge is 2.13. The number of hydrazone groups is 1. The Kier molecular flexibility index (Phi) is 6.31. The lowest BCUT2D eigenvalue weighted by Crippen LogP contribution is -2.24. The highest BCUT2D eigenvalue weighted by atomic mass is 79.9. The Morgan fingerprint density at radius 1 is 1.40 bits per heavy atom. The van der Waals surface area contributed by atoms with Gasteiger partial charge in [-0.3, -0.25) is 14.9 Å². The summed E-state index contributed by atoms with van der Waals surface area (Å²) in [5.41, 5.74) is 2.03. The number of nitrogens with one attached hydrogen (secondary N) is 1. The highest BCUT2D eigenvalue weighted by molar-refractivity contribution is 9.10. The maximum atomic E-state index is 11.6. The number of ether oxygens (including phenoxy) is 1. The van der Waals surface area contributed by atoms with E-state index < -0.39 is 10.8 Å². The van der Waals surface area contributed by atoms with Gasteiger partial charge in [-0.25, -0.2) is 5.43 Å². The topological polar surface area (TPSA) is 114 Å². The summed E-state index contributed by atoms with van der Waals surface area (Å²) in [5, 5.41) is 24.8. The summed E-state index contributed by atoms with van der Waals surface area (Å²) < 4.78 is 5.37. The second kappa shape index (κ2) is 8.45. The molecule has 2 N–H and O–H groups in total. The van der Waals surface area contributed by atoms with Gasteiger partial charge >= 0.3 is 0 Å². The number of carbonyl (C=O) groups is 1. The maximum absolute atomic E-state index is 11.6. The van der Waals surface area contributed by atoms with Crippen LogP contribution in [0, 0.1) is 10.1 Å². The minimum Gasteiger partial charge on any atom is -0.506 e. The standard InChI is InChI=1S/C15H11BrClN3O5/c16-13-6-11(20(23)24)5-9(15(13)22)7-18-19-14(21)8-25-12-3-1-10(17)2-4-12/h1-7,22H,8H2,(H,19,21). The average Bonchev–Trinajstić information content (AvgIpc) is 2.57. The second-order valence-corrected chi connectivity index (χ2v) is 5.95. The van der Waals surface area contributed by atoms with Crippen LogP contribution in [0.15, 0.2) is 46.0 Å². The van der Waals surface area contributed by atoms with Gasteiger partial charge in [-0.2, -0.15) is 5.10 Å². The van der Waals surface area contributed by atoms with E-state index in [1.807, 2.05) is 0 Å². The monoisotopic (exact) mass is 427 g/mol. The molecule has 0 aromatic heterocycles. The van der Waals surface area contributed by atoms with Crippen molar-refractivity contribution in [3.8, 4) is 11.5 Å². The first-order chi connectivity index (χ1) is 11.9. The zero-order valence-electron chi connectivity index (χ0n) is 12.5. The molecule has 2 aromatic rings. The van der Waals surface area contributed by atoms with Crippen LogP contribution in [0.3, 0.4) is 0 Å². The Balaban J connectivity index is 1.95. The van der Waals surface area contributed by atoms with Crippen LogP contribution in [0.2, 0.25) is 5.02 Å². The smallest absolute Gasteiger partial charge is 0.277 e. The molecule has 0 aliphatic carbocycles. The fourth-order valence-corrected chi connectivity index (χ4v) is 2.28. The predicted octanol–water partition coefficient (Wildman–Crippen LogP) is 3.25. The Morgan fingerprint density at radius 2 is 2.08 bits per heavy atom. The third-order valence-electron chi connectivity index (χ3n) is 2.86. The van der Waals surface area contributed by atoms with Crippen LogP contribution >= 0.6 is 27.5 Å². The molecule has 130 valence electrons. The van der Waals surface area contributed by atoms with E-state index in [1.165, 1.54) is 0 Å². The molecule has 8 nitrogen and oxygen atoms in total. The molecule has 25 heavy (non-hydrogen) atoms. The van der Waals surface area contributed by atoms with Gasteiger partial charge < -0.3 is 9.84 Å². The van der Waals surface area contributed by atoms with Crippen molar-refractivity contribution in [3.63, 3.8) is 0 Å². The Hall–Kier alpha value is -2.65. The minimum atomic E-state index is -0.611. The number of non-ortho nitro benzene ring substituents is 1. The van der Waals surface area contributed by atoms with Crippen LogP contribution in [0.4, 0.5) is 5.69 Å². The van der Waals surface area contributed by atoms with E-state index in [-0.39, 0.29) is 28.1 Å². The number of phenols is 1. The minimum absolute atomic E-state index is 0.0694. The number of nitro groups is 1. The van der Waals surface area contributed by atoms with E-state index in [0.29, 0.717) is 10.8 Å². The van der Waals surface area contributed by atoms with Gasteiger partial charge in [0.15, 0.2) is 6.61 Å². The van der Waals surface area contributed by atoms with E-state index in [9.17, 15) is 20.0 Å². The van der Waals surface area contributed by atoms with Gasteiger partial charge in [-0.15, -0.1) is 0 Å². The van der Waals surface area contributed by atoms with E-state index in [2.05, 4.69) is 26.5 Å². The van der Waals surface area contributed by atoms with E-state index >= 15 is 0 Å². The molecule has 0 fully saturated rings. The molecule has 0 saturated heterocycles. The molecule has 0 radical (unpaired) electrons. The molecule has 0 saturated carbocycles. The van der Waals surface area contributed by atoms with Crippen molar-refractivity contribution in [1.82, 2.24) is 5.43 Å². The lowest BCUT2D eigenvalue weighted by atomic mass is 10.2. The van der Waals surface area contributed by atoms with Crippen LogP contribution in [-0.4, -0.2) is 28.8 Å². The Labute approximate surface area is 155 Å². The quantitative estimate of drug-likeness (QED) is 0.416. The molecule has 10 heteroatoms. The molecule has 2 rings (SSSR count). The molecular formula is C15H11BrClN3O5. The number of nitro benzene ring substituents is 1. The lowest BCUT2D eigenvalue weighted by molar-refractivity contribution is -0.385. The van der Waals surface area contributed by atoms with Crippen molar-refractivity contribution < 1.29 is 19.6 Å². The van der Waals surface area contributed by atoms with Gasteiger partial charge in [0.1, 0.15) is 11.5 Å². The molecule has 0 spiro atoms. The van der Waals surface area contributed by atoms with Gasteiger partial charge in [0.25, 0.3) is 11.6 Å². The van der Waals surface area contributed by atoms with Gasteiger partial charge in [-0.05, 0) is 40.2 Å². The molecule has 0 aliphatic rings. The van der Waals surface area contributed by atoms with Crippen molar-refractivity contribution in [3.05, 3.63) is 61.6 Å². The van der Waals surface area contributed by atoms with Crippen molar-refractivity contribution in [2.75, 3.05) is 6.61 Å². The number of benzene rings is 2. The normalized spacial score (nSPS) is 10.6. The van der Waals surface area contributed by atoms with E-state index in [0.717, 1.165) is 18.3 Å². The average molecular weight is 429 g/mol. The fourth-order valence-electron chi connectivity index (χ4n) is 1.70. The maximum Gasteiger partial charge on any atom is 0.277 e. The summed E-state index contributed by atoms with van der Waals surface area (Å²) in [6.07, 6.45) is 1.09. The molecular weight excluding hydrogens is 418 g/mol. The van der Waals surface area contributed by atoms with Gasteiger partial charge in [0, 0.05) is 22.7 Å². The third-order valence-corrected chi connectivity index (χ3v) is 3.72. The Bertz CT molecular complexity index is 827. The molecule has 0 atom stereocenters. The van der Waals surface area contributed by atoms with Crippen LogP contribution in [0.1, 0.15) is 5.56 Å². The number of halogens is 2. The number of hydrogen-bond donors (Lipinski definition) is 2. The van der Waals surface area contributed by atoms with Gasteiger partial charge in [0.2, 0.25) is 0 Å². The first-order valence-corrected chi connectivity index (χ1v) is 7.91. The molecule has 0 heterocycles. The Morgan fingerprint density at radius 3 is 2.72 bits per heavy atom. The number of hydrogen-bond acceptors (Lipinski definition) is 6. The first kappa shape index (κ1) is 18.7. The number of aromatic hydroxyl groups is 1. The van der Waals surface area contributed by atoms with Crippen LogP contribution in [0.25, 0.3) is 0 Å². The molecule has 0 bridgehead atoms. The summed E-state index contributed by atoms with van der Waals surface area (Å²) in [6.45, 7) is -0.288. The summed E-state index contributed by atoms with van der Waals surface area (Å²) in [5.74, 6) is -0.319. The number of amides is 1. The second-order valence-electron chi connectivity index (χ2n) is 4.66. The van der Waals surface area contributed by atoms with Crippen LogP contribution < -0.4 is 10.2 Å². The van der Waals surface area contributed by atoms with Crippen molar-refractivity contribution in [2.24, 2.45) is 5.10 Å². The number of phenolic OH excluding ortho intramolecular Hbond substituents is 1. The number of rotatable bonds is 6. The largest absolute Gasteiger partial charge is 0.506 e. The molecule has 1 amide bonds. The summed E-state index contributed by atoms with van der Waals surface area (Å²) >= 11 is 8.74. The molecule has 2 aromatic carbocycles. The fraction of sp³-hybridized carbons (Fsp3) is 0.0667. The van der Waals surface area contributed by atoms with E-state index in [4.69, 9.17) is 16.3 Å². The SMILES string of the molecule is O=C(COc1ccc(Cl)cc1)NN=Cc1cc([N+](=O)[O-])cc(Br)c1O. The highest BCUT2D eigenvalue weighted by Crippen LogP contribution is 2.31. The summed E-state index contributed by atoms with van der Waals surface area (Å²) in [4.78, 5) is 21.8. The number of carbonyl (C=O) groups excluding carboxylic acids is 1.